The molecule has 0 bridgehead atoms. The Kier molecular flexibility index (Phi) is 7.38. The van der Waals surface area contributed by atoms with Crippen LogP contribution in [0.4, 0.5) is 0 Å². The third-order valence-electron chi connectivity index (χ3n) is 4.87. The Morgan fingerprint density at radius 2 is 1.72 bits per heavy atom. The second-order valence-corrected chi connectivity index (χ2v) is 8.71. The molecule has 1 saturated heterocycles. The zero-order chi connectivity index (χ0) is 20.7. The van der Waals surface area contributed by atoms with Gasteiger partial charge in [0, 0.05) is 6.54 Å². The number of hydrogen-bond donors (Lipinski definition) is 2. The van der Waals surface area contributed by atoms with Crippen molar-refractivity contribution in [2.45, 2.75) is 38.0 Å². The number of carbonyl (C=O) groups excluding carboxylic acids is 1. The number of rotatable bonds is 9. The van der Waals surface area contributed by atoms with Crippen LogP contribution in [0.2, 0.25) is 0 Å². The van der Waals surface area contributed by atoms with Crippen LogP contribution in [0.15, 0.2) is 60.7 Å². The first-order valence-corrected chi connectivity index (χ1v) is 11.1. The molecule has 0 radical (unpaired) electrons. The summed E-state index contributed by atoms with van der Waals surface area (Å²) < 4.78 is 34.8. The van der Waals surface area contributed by atoms with Gasteiger partial charge in [-0.25, -0.2) is 0 Å². The minimum absolute atomic E-state index is 0.102. The van der Waals surface area contributed by atoms with Crippen molar-refractivity contribution in [3.8, 4) is 0 Å². The first-order valence-electron chi connectivity index (χ1n) is 9.64. The highest BCUT2D eigenvalue weighted by Gasteiger charge is 2.40. The molecule has 0 aliphatic carbocycles. The first kappa shape index (κ1) is 21.4. The van der Waals surface area contributed by atoms with Gasteiger partial charge in [-0.15, -0.1) is 0 Å². The van der Waals surface area contributed by atoms with Gasteiger partial charge in [0.05, 0.1) is 12.6 Å². The van der Waals surface area contributed by atoms with Crippen LogP contribution in [-0.2, 0) is 32.8 Å². The van der Waals surface area contributed by atoms with E-state index in [-0.39, 0.29) is 19.8 Å². The first-order chi connectivity index (χ1) is 14.0. The lowest BCUT2D eigenvalue weighted by molar-refractivity contribution is -0.148. The molecule has 2 atom stereocenters. The average Bonchev–Trinajstić information content (AvgIpc) is 3.24. The van der Waals surface area contributed by atoms with Gasteiger partial charge in [0.15, 0.2) is 0 Å². The molecule has 2 N–H and O–H groups in total. The number of aliphatic hydroxyl groups is 1. The predicted octanol–water partition coefficient (Wildman–Crippen LogP) is 1.63. The Balaban J connectivity index is 1.62. The number of esters is 1. The normalized spacial score (nSPS) is 18.4. The predicted molar refractivity (Wildman–Crippen MR) is 109 cm³/mol. The van der Waals surface area contributed by atoms with Crippen molar-refractivity contribution in [3.05, 3.63) is 71.8 Å². The zero-order valence-corrected chi connectivity index (χ0v) is 16.9. The van der Waals surface area contributed by atoms with E-state index in [0.29, 0.717) is 19.3 Å². The second kappa shape index (κ2) is 9.98. The monoisotopic (exact) mass is 418 g/mol. The van der Waals surface area contributed by atoms with E-state index in [0.717, 1.165) is 15.4 Å². The lowest BCUT2D eigenvalue weighted by Gasteiger charge is -2.25. The molecule has 1 heterocycles. The van der Waals surface area contributed by atoms with E-state index in [1.807, 2.05) is 60.7 Å². The van der Waals surface area contributed by atoms with Crippen LogP contribution >= 0.6 is 0 Å². The Morgan fingerprint density at radius 3 is 2.34 bits per heavy atom. The molecule has 0 spiro atoms. The molecule has 3 rings (SSSR count). The maximum absolute atomic E-state index is 12.9. The minimum atomic E-state index is -3.95. The summed E-state index contributed by atoms with van der Waals surface area (Å²) >= 11 is 0. The van der Waals surface area contributed by atoms with Crippen LogP contribution in [0, 0.1) is 0 Å². The number of aliphatic hydroxyl groups excluding tert-OH is 1. The van der Waals surface area contributed by atoms with Gasteiger partial charge < -0.3 is 9.84 Å². The van der Waals surface area contributed by atoms with Crippen LogP contribution < -0.4 is 4.72 Å². The highest BCUT2D eigenvalue weighted by Crippen LogP contribution is 2.22. The van der Waals surface area contributed by atoms with E-state index < -0.39 is 28.3 Å². The summed E-state index contributed by atoms with van der Waals surface area (Å²) in [6, 6.07) is 17.1. The Hall–Kier alpha value is -2.26. The van der Waals surface area contributed by atoms with E-state index in [1.54, 1.807) is 0 Å². The van der Waals surface area contributed by atoms with Crippen LogP contribution in [0.5, 0.6) is 0 Å². The summed E-state index contributed by atoms with van der Waals surface area (Å²) in [5.41, 5.74) is 1.75. The maximum Gasteiger partial charge on any atom is 0.324 e. The van der Waals surface area contributed by atoms with Gasteiger partial charge in [-0.1, -0.05) is 60.7 Å². The average molecular weight is 419 g/mol. The van der Waals surface area contributed by atoms with Gasteiger partial charge in [-0.05, 0) is 30.4 Å². The molecule has 0 aromatic heterocycles. The third kappa shape index (κ3) is 5.86. The fraction of sp³-hybridized carbons (Fsp3) is 0.381. The molecule has 8 heteroatoms. The molecule has 0 unspecified atom stereocenters. The van der Waals surface area contributed by atoms with Crippen molar-refractivity contribution >= 4 is 16.2 Å². The van der Waals surface area contributed by atoms with E-state index >= 15 is 0 Å². The van der Waals surface area contributed by atoms with Gasteiger partial charge in [-0.3, -0.25) is 4.79 Å². The summed E-state index contributed by atoms with van der Waals surface area (Å²) in [7, 11) is -3.95. The molecule has 1 aliphatic rings. The molecule has 1 aliphatic heterocycles. The number of benzene rings is 2. The van der Waals surface area contributed by atoms with Crippen LogP contribution in [0.3, 0.4) is 0 Å². The summed E-state index contributed by atoms with van der Waals surface area (Å²) in [5, 5.41) is 9.64. The number of nitrogens with zero attached hydrogens (tertiary/aromatic N) is 1. The van der Waals surface area contributed by atoms with Crippen LogP contribution in [0.25, 0.3) is 0 Å². The van der Waals surface area contributed by atoms with Crippen LogP contribution in [0.1, 0.15) is 24.0 Å². The van der Waals surface area contributed by atoms with Gasteiger partial charge >= 0.3 is 5.97 Å². The van der Waals surface area contributed by atoms with Crippen molar-refractivity contribution in [1.82, 2.24) is 9.03 Å². The van der Waals surface area contributed by atoms with E-state index in [1.165, 1.54) is 0 Å². The number of hydrogen-bond acceptors (Lipinski definition) is 5. The summed E-state index contributed by atoms with van der Waals surface area (Å²) in [5.74, 6) is -0.555. The fourth-order valence-corrected chi connectivity index (χ4v) is 5.02. The highest BCUT2D eigenvalue weighted by molar-refractivity contribution is 7.87. The molecular formula is C21H26N2O5S. The highest BCUT2D eigenvalue weighted by atomic mass is 32.2. The lowest BCUT2D eigenvalue weighted by atomic mass is 10.1. The third-order valence-corrected chi connectivity index (χ3v) is 6.56. The molecule has 2 aromatic carbocycles. The van der Waals surface area contributed by atoms with Gasteiger partial charge in [0.2, 0.25) is 0 Å². The number of nitrogens with one attached hydrogen (secondary N) is 1. The summed E-state index contributed by atoms with van der Waals surface area (Å²) in [6.07, 6.45) is 1.35. The fourth-order valence-electron chi connectivity index (χ4n) is 3.41. The molecule has 2 aromatic rings. The second-order valence-electron chi connectivity index (χ2n) is 7.05. The van der Waals surface area contributed by atoms with Crippen molar-refractivity contribution in [3.63, 3.8) is 0 Å². The smallest absolute Gasteiger partial charge is 0.324 e. The summed E-state index contributed by atoms with van der Waals surface area (Å²) in [4.78, 5) is 12.5. The topological polar surface area (TPSA) is 95.9 Å². The quantitative estimate of drug-likeness (QED) is 0.604. The van der Waals surface area contributed by atoms with Crippen molar-refractivity contribution < 1.29 is 23.1 Å². The maximum atomic E-state index is 12.9. The van der Waals surface area contributed by atoms with E-state index in [2.05, 4.69) is 4.72 Å². The number of ether oxygens (including phenoxy) is 1. The summed E-state index contributed by atoms with van der Waals surface area (Å²) in [6.45, 7) is -0.000229. The van der Waals surface area contributed by atoms with Crippen molar-refractivity contribution in [2.24, 2.45) is 0 Å². The molecule has 7 nitrogen and oxygen atoms in total. The molecule has 0 amide bonds. The van der Waals surface area contributed by atoms with Crippen molar-refractivity contribution in [2.75, 3.05) is 13.2 Å². The number of carbonyl (C=O) groups is 1. The van der Waals surface area contributed by atoms with Gasteiger partial charge in [-0.2, -0.15) is 17.4 Å². The van der Waals surface area contributed by atoms with E-state index in [9.17, 15) is 18.3 Å². The Labute approximate surface area is 171 Å². The zero-order valence-electron chi connectivity index (χ0n) is 16.1. The SMILES string of the molecule is O=C(OCc1ccccc1)[C@@H]1CCCN1S(=O)(=O)N[C@@H](CO)Cc1ccccc1. The standard InChI is InChI=1S/C21H26N2O5S/c24-15-19(14-17-8-3-1-4-9-17)22-29(26,27)23-13-7-12-20(23)21(25)28-16-18-10-5-2-6-11-18/h1-6,8-11,19-20,22,24H,7,12-16H2/t19-,20+/m1/s1. The molecule has 156 valence electrons. The Morgan fingerprint density at radius 1 is 1.10 bits per heavy atom. The van der Waals surface area contributed by atoms with Crippen molar-refractivity contribution in [1.29, 1.82) is 0 Å². The minimum Gasteiger partial charge on any atom is -0.460 e. The lowest BCUT2D eigenvalue weighted by Crippen LogP contribution is -2.51. The molecule has 1 fully saturated rings. The largest absolute Gasteiger partial charge is 0.460 e. The van der Waals surface area contributed by atoms with Gasteiger partial charge in [0.1, 0.15) is 12.6 Å². The van der Waals surface area contributed by atoms with E-state index in [4.69, 9.17) is 4.74 Å². The molecule has 29 heavy (non-hydrogen) atoms. The molecular weight excluding hydrogens is 392 g/mol. The molecule has 0 saturated carbocycles. The Bertz CT molecular complexity index is 890. The van der Waals surface area contributed by atoms with Gasteiger partial charge in [0.25, 0.3) is 10.2 Å². The van der Waals surface area contributed by atoms with Crippen LogP contribution in [-0.4, -0.2) is 49.0 Å².